The molecule has 0 fully saturated rings. The van der Waals surface area contributed by atoms with Crippen LogP contribution in [0, 0.1) is 19.7 Å². The van der Waals surface area contributed by atoms with E-state index in [1.165, 1.54) is 47.8 Å². The number of rotatable bonds is 7. The van der Waals surface area contributed by atoms with Gasteiger partial charge in [-0.1, -0.05) is 0 Å². The Kier molecular flexibility index (Phi) is 6.92. The van der Waals surface area contributed by atoms with E-state index < -0.39 is 30.4 Å². The van der Waals surface area contributed by atoms with Crippen molar-refractivity contribution >= 4 is 31.2 Å². The highest BCUT2D eigenvalue weighted by molar-refractivity contribution is 7.93. The number of halogens is 1. The standard InChI is InChI=1S/C25H30FN5O6S2/c1-14-24(15(2)30(6)28-14)39(34,35)29-18-10-16(9-17(26)23(18)37-8)19-12-27-22-11-20(36-7)21(13-31(19)22)38(32,33)25(3,4)5/h9-13,29H,1-8H3. The Morgan fingerprint density at radius 3 is 2.23 bits per heavy atom. The van der Waals surface area contributed by atoms with Crippen molar-refractivity contribution in [2.24, 2.45) is 7.05 Å². The molecule has 0 saturated heterocycles. The Morgan fingerprint density at radius 2 is 1.69 bits per heavy atom. The predicted octanol–water partition coefficient (Wildman–Crippen LogP) is 3.88. The second-order valence-corrected chi connectivity index (χ2v) is 14.3. The molecule has 210 valence electrons. The van der Waals surface area contributed by atoms with Gasteiger partial charge in [-0.05, 0) is 46.8 Å². The summed E-state index contributed by atoms with van der Waals surface area (Å²) in [5, 5.41) is 4.15. The minimum Gasteiger partial charge on any atom is -0.495 e. The van der Waals surface area contributed by atoms with E-state index in [0.717, 1.165) is 6.07 Å². The summed E-state index contributed by atoms with van der Waals surface area (Å²) in [5.74, 6) is -1.03. The summed E-state index contributed by atoms with van der Waals surface area (Å²) in [5.41, 5.74) is 1.41. The van der Waals surface area contributed by atoms with Gasteiger partial charge in [0.05, 0.1) is 47.9 Å². The molecule has 0 atom stereocenters. The van der Waals surface area contributed by atoms with Gasteiger partial charge in [0.15, 0.2) is 21.4 Å². The first-order valence-corrected chi connectivity index (χ1v) is 14.7. The molecule has 0 unspecified atom stereocenters. The molecular formula is C25H30FN5O6S2. The Bertz CT molecular complexity index is 1820. The fourth-order valence-electron chi connectivity index (χ4n) is 4.26. The van der Waals surface area contributed by atoms with Crippen molar-refractivity contribution in [3.63, 3.8) is 0 Å². The van der Waals surface area contributed by atoms with Crippen LogP contribution in [0.5, 0.6) is 11.5 Å². The average Bonchev–Trinajstić information content (AvgIpc) is 3.36. The SMILES string of the molecule is COc1cc2ncc(-c3cc(F)c(OC)c(NS(=O)(=O)c4c(C)nn(C)c4C)c3)n2cc1S(=O)(=O)C(C)(C)C. The van der Waals surface area contributed by atoms with Crippen molar-refractivity contribution in [1.29, 1.82) is 0 Å². The van der Waals surface area contributed by atoms with Gasteiger partial charge in [0, 0.05) is 24.9 Å². The smallest absolute Gasteiger partial charge is 0.265 e. The molecule has 11 nitrogen and oxygen atoms in total. The number of nitrogens with one attached hydrogen (secondary N) is 1. The lowest BCUT2D eigenvalue weighted by Gasteiger charge is -2.21. The molecule has 3 aromatic heterocycles. The van der Waals surface area contributed by atoms with Gasteiger partial charge in [-0.15, -0.1) is 0 Å². The van der Waals surface area contributed by atoms with Gasteiger partial charge < -0.3 is 9.47 Å². The summed E-state index contributed by atoms with van der Waals surface area (Å²) < 4.78 is 83.3. The number of sulfone groups is 1. The summed E-state index contributed by atoms with van der Waals surface area (Å²) >= 11 is 0. The van der Waals surface area contributed by atoms with Crippen molar-refractivity contribution in [3.8, 4) is 22.8 Å². The van der Waals surface area contributed by atoms with E-state index in [1.807, 2.05) is 0 Å². The second kappa shape index (κ2) is 9.52. The first kappa shape index (κ1) is 28.4. The molecule has 0 radical (unpaired) electrons. The first-order chi connectivity index (χ1) is 18.0. The topological polar surface area (TPSA) is 134 Å². The van der Waals surface area contributed by atoms with E-state index in [9.17, 15) is 16.8 Å². The van der Waals surface area contributed by atoms with Crippen molar-refractivity contribution in [3.05, 3.63) is 47.8 Å². The molecule has 0 bridgehead atoms. The number of fused-ring (bicyclic) bond motifs is 1. The number of ether oxygens (including phenoxy) is 2. The fourth-order valence-corrected chi connectivity index (χ4v) is 7.06. The normalized spacial score (nSPS) is 12.6. The molecule has 0 amide bonds. The number of hydrogen-bond donors (Lipinski definition) is 1. The van der Waals surface area contributed by atoms with E-state index in [1.54, 1.807) is 41.7 Å². The Labute approximate surface area is 226 Å². The monoisotopic (exact) mass is 579 g/mol. The molecule has 1 aromatic carbocycles. The lowest BCUT2D eigenvalue weighted by Crippen LogP contribution is -2.28. The van der Waals surface area contributed by atoms with Crippen molar-refractivity contribution in [2.45, 2.75) is 49.2 Å². The Morgan fingerprint density at radius 1 is 1.03 bits per heavy atom. The molecule has 0 saturated carbocycles. The maximum Gasteiger partial charge on any atom is 0.265 e. The molecular weight excluding hydrogens is 549 g/mol. The van der Waals surface area contributed by atoms with E-state index in [-0.39, 0.29) is 38.2 Å². The van der Waals surface area contributed by atoms with E-state index in [2.05, 4.69) is 14.8 Å². The first-order valence-electron chi connectivity index (χ1n) is 11.7. The number of nitrogens with zero attached hydrogens (tertiary/aromatic N) is 4. The number of anilines is 1. The molecule has 1 N–H and O–H groups in total. The van der Waals surface area contributed by atoms with Gasteiger partial charge in [0.25, 0.3) is 10.0 Å². The lowest BCUT2D eigenvalue weighted by atomic mass is 10.1. The molecule has 0 spiro atoms. The number of aromatic nitrogens is 4. The van der Waals surface area contributed by atoms with Crippen LogP contribution in [0.2, 0.25) is 0 Å². The minimum absolute atomic E-state index is 0.0307. The summed E-state index contributed by atoms with van der Waals surface area (Å²) in [6.07, 6.45) is 2.79. The van der Waals surface area contributed by atoms with Crippen LogP contribution in [0.4, 0.5) is 10.1 Å². The molecule has 3 heterocycles. The highest BCUT2D eigenvalue weighted by Crippen LogP contribution is 2.38. The predicted molar refractivity (Wildman–Crippen MR) is 144 cm³/mol. The third-order valence-electron chi connectivity index (χ3n) is 6.39. The van der Waals surface area contributed by atoms with Gasteiger partial charge in [-0.25, -0.2) is 26.2 Å². The summed E-state index contributed by atoms with van der Waals surface area (Å²) in [4.78, 5) is 4.23. The Hall–Kier alpha value is -3.65. The summed E-state index contributed by atoms with van der Waals surface area (Å²) in [6.45, 7) is 7.89. The van der Waals surface area contributed by atoms with Crippen LogP contribution < -0.4 is 14.2 Å². The number of hydrogen-bond acceptors (Lipinski definition) is 8. The maximum atomic E-state index is 15.3. The van der Waals surface area contributed by atoms with E-state index in [0.29, 0.717) is 17.0 Å². The molecule has 0 aliphatic heterocycles. The van der Waals surface area contributed by atoms with Gasteiger partial charge in [-0.2, -0.15) is 5.10 Å². The van der Waals surface area contributed by atoms with Crippen LogP contribution in [0.15, 0.2) is 40.4 Å². The van der Waals surface area contributed by atoms with Gasteiger partial charge in [-0.3, -0.25) is 13.8 Å². The zero-order chi connectivity index (χ0) is 29.1. The molecule has 39 heavy (non-hydrogen) atoms. The zero-order valence-corrected chi connectivity index (χ0v) is 24.5. The highest BCUT2D eigenvalue weighted by Gasteiger charge is 2.34. The Balaban J connectivity index is 1.92. The van der Waals surface area contributed by atoms with E-state index in [4.69, 9.17) is 9.47 Å². The second-order valence-electron chi connectivity index (χ2n) is 9.96. The quantitative estimate of drug-likeness (QED) is 0.349. The molecule has 4 rings (SSSR count). The zero-order valence-electron chi connectivity index (χ0n) is 22.8. The van der Waals surface area contributed by atoms with E-state index >= 15 is 4.39 Å². The number of sulfonamides is 1. The minimum atomic E-state index is -4.18. The van der Waals surface area contributed by atoms with Crippen molar-refractivity contribution < 1.29 is 30.7 Å². The third kappa shape index (κ3) is 4.71. The van der Waals surface area contributed by atoms with Crippen molar-refractivity contribution in [1.82, 2.24) is 19.2 Å². The number of methoxy groups -OCH3 is 2. The third-order valence-corrected chi connectivity index (χ3v) is 10.5. The summed E-state index contributed by atoms with van der Waals surface area (Å²) in [7, 11) is -3.82. The van der Waals surface area contributed by atoms with Gasteiger partial charge >= 0.3 is 0 Å². The van der Waals surface area contributed by atoms with Crippen LogP contribution in [-0.2, 0) is 26.9 Å². The number of benzene rings is 1. The van der Waals surface area contributed by atoms with Crippen LogP contribution in [-0.4, -0.2) is 55.0 Å². The number of pyridine rings is 1. The maximum absolute atomic E-state index is 15.3. The molecule has 4 aromatic rings. The van der Waals surface area contributed by atoms with Gasteiger partial charge in [0.2, 0.25) is 0 Å². The van der Waals surface area contributed by atoms with Crippen molar-refractivity contribution in [2.75, 3.05) is 18.9 Å². The fraction of sp³-hybridized carbons (Fsp3) is 0.360. The molecule has 0 aliphatic rings. The van der Waals surface area contributed by atoms with Crippen LogP contribution >= 0.6 is 0 Å². The number of aryl methyl sites for hydroxylation is 2. The largest absolute Gasteiger partial charge is 0.495 e. The summed E-state index contributed by atoms with van der Waals surface area (Å²) in [6, 6.07) is 4.02. The molecule has 0 aliphatic carbocycles. The van der Waals surface area contributed by atoms with Crippen LogP contribution in [0.1, 0.15) is 32.2 Å². The van der Waals surface area contributed by atoms with Crippen LogP contribution in [0.3, 0.4) is 0 Å². The van der Waals surface area contributed by atoms with Gasteiger partial charge in [0.1, 0.15) is 21.2 Å². The van der Waals surface area contributed by atoms with Crippen LogP contribution in [0.25, 0.3) is 16.9 Å². The highest BCUT2D eigenvalue weighted by atomic mass is 32.2. The molecule has 14 heteroatoms. The number of imidazole rings is 1. The lowest BCUT2D eigenvalue weighted by molar-refractivity contribution is 0.389. The average molecular weight is 580 g/mol.